The Morgan fingerprint density at radius 1 is 1.67 bits per heavy atom. The highest BCUT2D eigenvalue weighted by molar-refractivity contribution is 5.81. The molecule has 0 amide bonds. The predicted molar refractivity (Wildman–Crippen MR) is 60.2 cm³/mol. The van der Waals surface area contributed by atoms with E-state index in [-0.39, 0.29) is 6.10 Å². The Morgan fingerprint density at radius 2 is 2.40 bits per heavy atom. The minimum Gasteiger partial charge on any atom is -0.454 e. The number of benzene rings is 1. The van der Waals surface area contributed by atoms with Gasteiger partial charge in [0.15, 0.2) is 0 Å². The molecule has 1 aromatic carbocycles. The van der Waals surface area contributed by atoms with Crippen LogP contribution in [-0.4, -0.2) is 5.97 Å². The second-order valence-corrected chi connectivity index (χ2v) is 3.21. The van der Waals surface area contributed by atoms with Gasteiger partial charge in [-0.25, -0.2) is 4.79 Å². The molecule has 0 aliphatic carbocycles. The quantitative estimate of drug-likeness (QED) is 0.466. The summed E-state index contributed by atoms with van der Waals surface area (Å²) in [6, 6.07) is 7.34. The third-order valence-corrected chi connectivity index (χ3v) is 2.08. The van der Waals surface area contributed by atoms with Crippen molar-refractivity contribution in [3.05, 3.63) is 42.5 Å². The van der Waals surface area contributed by atoms with Crippen LogP contribution in [0.4, 0.5) is 5.69 Å². The van der Waals surface area contributed by atoms with Crippen molar-refractivity contribution >= 4 is 11.7 Å². The smallest absolute Gasteiger partial charge is 0.330 e. The fourth-order valence-corrected chi connectivity index (χ4v) is 1.33. The van der Waals surface area contributed by atoms with Gasteiger partial charge in [-0.05, 0) is 24.1 Å². The molecule has 1 rings (SSSR count). The number of carbonyl (C=O) groups excluding carboxylic acids is 1. The van der Waals surface area contributed by atoms with Gasteiger partial charge in [-0.1, -0.05) is 25.6 Å². The van der Waals surface area contributed by atoms with E-state index in [0.29, 0.717) is 12.1 Å². The van der Waals surface area contributed by atoms with E-state index in [1.807, 2.05) is 25.1 Å². The van der Waals surface area contributed by atoms with Gasteiger partial charge in [0, 0.05) is 11.8 Å². The number of hydrogen-bond donors (Lipinski definition) is 1. The Kier molecular flexibility index (Phi) is 3.92. The summed E-state index contributed by atoms with van der Waals surface area (Å²) in [6.45, 7) is 5.31. The van der Waals surface area contributed by atoms with Gasteiger partial charge >= 0.3 is 5.97 Å². The van der Waals surface area contributed by atoms with Gasteiger partial charge in [0.25, 0.3) is 0 Å². The first-order chi connectivity index (χ1) is 7.17. The van der Waals surface area contributed by atoms with E-state index in [2.05, 4.69) is 6.58 Å². The second kappa shape index (κ2) is 5.20. The largest absolute Gasteiger partial charge is 0.454 e. The monoisotopic (exact) mass is 205 g/mol. The Labute approximate surface area is 89.5 Å². The fraction of sp³-hybridized carbons (Fsp3) is 0.250. The van der Waals surface area contributed by atoms with Crippen molar-refractivity contribution < 1.29 is 9.53 Å². The van der Waals surface area contributed by atoms with E-state index in [1.54, 1.807) is 6.07 Å². The molecular formula is C12H15NO2. The van der Waals surface area contributed by atoms with Gasteiger partial charge in [0.1, 0.15) is 6.10 Å². The lowest BCUT2D eigenvalue weighted by Crippen LogP contribution is -2.08. The molecule has 0 aliphatic rings. The van der Waals surface area contributed by atoms with Gasteiger partial charge in [-0.15, -0.1) is 0 Å². The highest BCUT2D eigenvalue weighted by Gasteiger charge is 2.12. The predicted octanol–water partition coefficient (Wildman–Crippen LogP) is 2.45. The topological polar surface area (TPSA) is 52.3 Å². The van der Waals surface area contributed by atoms with E-state index in [4.69, 9.17) is 10.5 Å². The van der Waals surface area contributed by atoms with Gasteiger partial charge in [0.2, 0.25) is 0 Å². The normalized spacial score (nSPS) is 11.8. The maximum Gasteiger partial charge on any atom is 0.330 e. The summed E-state index contributed by atoms with van der Waals surface area (Å²) in [5, 5.41) is 0. The average Bonchev–Trinajstić information content (AvgIpc) is 2.25. The summed E-state index contributed by atoms with van der Waals surface area (Å²) >= 11 is 0. The molecule has 0 spiro atoms. The van der Waals surface area contributed by atoms with E-state index in [1.165, 1.54) is 0 Å². The molecule has 3 heteroatoms. The van der Waals surface area contributed by atoms with Crippen LogP contribution in [0.25, 0.3) is 0 Å². The molecule has 0 bridgehead atoms. The molecule has 0 aliphatic heterocycles. The van der Waals surface area contributed by atoms with E-state index >= 15 is 0 Å². The Hall–Kier alpha value is -1.77. The lowest BCUT2D eigenvalue weighted by atomic mass is 10.1. The molecule has 0 saturated heterocycles. The minimum absolute atomic E-state index is 0.251. The number of nitrogen functional groups attached to an aromatic ring is 1. The molecule has 0 radical (unpaired) electrons. The standard InChI is InChI=1S/C12H15NO2/c1-3-11(15-12(14)4-2)9-6-5-7-10(13)8-9/h4-8,11H,2-3,13H2,1H3. The summed E-state index contributed by atoms with van der Waals surface area (Å²) in [5.74, 6) is -0.413. The Morgan fingerprint density at radius 3 is 2.93 bits per heavy atom. The average molecular weight is 205 g/mol. The van der Waals surface area contributed by atoms with Gasteiger partial charge in [0.05, 0.1) is 0 Å². The SMILES string of the molecule is C=CC(=O)OC(CC)c1cccc(N)c1. The van der Waals surface area contributed by atoms with Gasteiger partial charge in [-0.3, -0.25) is 0 Å². The van der Waals surface area contributed by atoms with Crippen LogP contribution >= 0.6 is 0 Å². The minimum atomic E-state index is -0.413. The van der Waals surface area contributed by atoms with Crippen LogP contribution < -0.4 is 5.73 Å². The van der Waals surface area contributed by atoms with Crippen molar-refractivity contribution in [2.24, 2.45) is 0 Å². The first-order valence-corrected chi connectivity index (χ1v) is 4.85. The van der Waals surface area contributed by atoms with Crippen LogP contribution in [0.15, 0.2) is 36.9 Å². The molecular weight excluding hydrogens is 190 g/mol. The second-order valence-electron chi connectivity index (χ2n) is 3.21. The summed E-state index contributed by atoms with van der Waals surface area (Å²) in [5.41, 5.74) is 7.23. The third kappa shape index (κ3) is 3.13. The maximum atomic E-state index is 11.1. The van der Waals surface area contributed by atoms with E-state index in [0.717, 1.165) is 11.6 Å². The van der Waals surface area contributed by atoms with Crippen molar-refractivity contribution in [2.75, 3.05) is 5.73 Å². The Bertz CT molecular complexity index is 360. The molecule has 80 valence electrons. The van der Waals surface area contributed by atoms with Crippen molar-refractivity contribution in [1.82, 2.24) is 0 Å². The first-order valence-electron chi connectivity index (χ1n) is 4.85. The van der Waals surface area contributed by atoms with Crippen molar-refractivity contribution in [3.63, 3.8) is 0 Å². The lowest BCUT2D eigenvalue weighted by molar-refractivity contribution is -0.143. The summed E-state index contributed by atoms with van der Waals surface area (Å²) in [7, 11) is 0. The van der Waals surface area contributed by atoms with Crippen molar-refractivity contribution in [3.8, 4) is 0 Å². The zero-order valence-electron chi connectivity index (χ0n) is 8.77. The van der Waals surface area contributed by atoms with Gasteiger partial charge in [-0.2, -0.15) is 0 Å². The van der Waals surface area contributed by atoms with Gasteiger partial charge < -0.3 is 10.5 Å². The molecule has 15 heavy (non-hydrogen) atoms. The van der Waals surface area contributed by atoms with Crippen LogP contribution in [0.1, 0.15) is 25.0 Å². The molecule has 1 atom stereocenters. The molecule has 0 heterocycles. The molecule has 1 aromatic rings. The number of esters is 1. The number of ether oxygens (including phenoxy) is 1. The van der Waals surface area contributed by atoms with Crippen LogP contribution in [0.5, 0.6) is 0 Å². The highest BCUT2D eigenvalue weighted by atomic mass is 16.5. The molecule has 0 aromatic heterocycles. The summed E-state index contributed by atoms with van der Waals surface area (Å²) < 4.78 is 5.18. The van der Waals surface area contributed by atoms with Crippen LogP contribution in [0.3, 0.4) is 0 Å². The summed E-state index contributed by atoms with van der Waals surface area (Å²) in [6.07, 6.45) is 1.62. The number of rotatable bonds is 4. The van der Waals surface area contributed by atoms with Crippen molar-refractivity contribution in [2.45, 2.75) is 19.4 Å². The molecule has 2 N–H and O–H groups in total. The number of hydrogen-bond acceptors (Lipinski definition) is 3. The lowest BCUT2D eigenvalue weighted by Gasteiger charge is -2.15. The number of anilines is 1. The molecule has 3 nitrogen and oxygen atoms in total. The summed E-state index contributed by atoms with van der Waals surface area (Å²) in [4.78, 5) is 11.1. The molecule has 0 saturated carbocycles. The van der Waals surface area contributed by atoms with Crippen LogP contribution in [0, 0.1) is 0 Å². The van der Waals surface area contributed by atoms with Crippen molar-refractivity contribution in [1.29, 1.82) is 0 Å². The Balaban J connectivity index is 2.82. The van der Waals surface area contributed by atoms with E-state index in [9.17, 15) is 4.79 Å². The van der Waals surface area contributed by atoms with E-state index < -0.39 is 5.97 Å². The fourth-order valence-electron chi connectivity index (χ4n) is 1.33. The first kappa shape index (κ1) is 11.3. The molecule has 0 fully saturated rings. The zero-order valence-corrected chi connectivity index (χ0v) is 8.77. The maximum absolute atomic E-state index is 11.1. The molecule has 1 unspecified atom stereocenters. The van der Waals surface area contributed by atoms with Crippen LogP contribution in [0.2, 0.25) is 0 Å². The zero-order chi connectivity index (χ0) is 11.3. The highest BCUT2D eigenvalue weighted by Crippen LogP contribution is 2.22. The van der Waals surface area contributed by atoms with Crippen LogP contribution in [-0.2, 0) is 9.53 Å². The number of nitrogens with two attached hydrogens (primary N) is 1. The third-order valence-electron chi connectivity index (χ3n) is 2.08. The number of carbonyl (C=O) groups is 1.